The van der Waals surface area contributed by atoms with Crippen molar-refractivity contribution in [3.8, 4) is 0 Å². The van der Waals surface area contributed by atoms with Crippen LogP contribution < -0.4 is 0 Å². The average Bonchev–Trinajstić information content (AvgIpc) is 2.15. The molecular weight excluding hydrogens is 186 g/mol. The van der Waals surface area contributed by atoms with Crippen LogP contribution in [0.25, 0.3) is 0 Å². The van der Waals surface area contributed by atoms with Crippen molar-refractivity contribution in [2.75, 3.05) is 7.05 Å². The second kappa shape index (κ2) is 6.14. The predicted molar refractivity (Wildman–Crippen MR) is 65.7 cm³/mol. The summed E-state index contributed by atoms with van der Waals surface area (Å²) < 4.78 is 0. The Morgan fingerprint density at radius 3 is 1.80 bits per heavy atom. The molecule has 0 fully saturated rings. The number of carbonyl (C=O) groups is 1. The van der Waals surface area contributed by atoms with Gasteiger partial charge in [0.05, 0.1) is 0 Å². The van der Waals surface area contributed by atoms with Gasteiger partial charge in [0.15, 0.2) is 0 Å². The second-order valence-electron chi connectivity index (χ2n) is 5.20. The summed E-state index contributed by atoms with van der Waals surface area (Å²) in [5.41, 5.74) is 0. The summed E-state index contributed by atoms with van der Waals surface area (Å²) in [6.45, 7) is 12.7. The summed E-state index contributed by atoms with van der Waals surface area (Å²) in [5.74, 6) is 1.36. The van der Waals surface area contributed by atoms with Crippen LogP contribution in [0.15, 0.2) is 0 Å². The Morgan fingerprint density at radius 1 is 1.07 bits per heavy atom. The standard InChI is InChI=1S/C13H27NO/c1-8-12(10(4)5)14(7)13(15)11(6)9(2)3/h9-12H,8H2,1-7H3/t11-,12-/m0/s1. The third kappa shape index (κ3) is 3.84. The molecular formula is C13H27NO. The van der Waals surface area contributed by atoms with Crippen molar-refractivity contribution in [3.63, 3.8) is 0 Å². The molecule has 0 bridgehead atoms. The van der Waals surface area contributed by atoms with Gasteiger partial charge in [0, 0.05) is 19.0 Å². The lowest BCUT2D eigenvalue weighted by Crippen LogP contribution is -2.43. The highest BCUT2D eigenvalue weighted by Gasteiger charge is 2.26. The first-order valence-corrected chi connectivity index (χ1v) is 6.09. The fourth-order valence-electron chi connectivity index (χ4n) is 1.96. The van der Waals surface area contributed by atoms with Gasteiger partial charge in [-0.3, -0.25) is 4.79 Å². The van der Waals surface area contributed by atoms with E-state index in [1.54, 1.807) is 0 Å². The largest absolute Gasteiger partial charge is 0.342 e. The van der Waals surface area contributed by atoms with Gasteiger partial charge in [0.2, 0.25) is 5.91 Å². The normalized spacial score (nSPS) is 15.5. The molecule has 15 heavy (non-hydrogen) atoms. The van der Waals surface area contributed by atoms with Gasteiger partial charge in [0.1, 0.15) is 0 Å². The van der Waals surface area contributed by atoms with Gasteiger partial charge in [-0.25, -0.2) is 0 Å². The summed E-state index contributed by atoms with van der Waals surface area (Å²) in [6, 6.07) is 0.374. The van der Waals surface area contributed by atoms with Gasteiger partial charge in [-0.05, 0) is 18.3 Å². The van der Waals surface area contributed by atoms with Gasteiger partial charge < -0.3 is 4.90 Å². The third-order valence-electron chi connectivity index (χ3n) is 3.42. The van der Waals surface area contributed by atoms with Crippen LogP contribution in [0.4, 0.5) is 0 Å². The molecule has 90 valence electrons. The maximum Gasteiger partial charge on any atom is 0.225 e. The van der Waals surface area contributed by atoms with Gasteiger partial charge in [-0.15, -0.1) is 0 Å². The van der Waals surface area contributed by atoms with Crippen LogP contribution in [-0.2, 0) is 4.79 Å². The number of carbonyl (C=O) groups excluding carboxylic acids is 1. The topological polar surface area (TPSA) is 20.3 Å². The van der Waals surface area contributed by atoms with Crippen LogP contribution in [0.2, 0.25) is 0 Å². The molecule has 2 nitrogen and oxygen atoms in total. The lowest BCUT2D eigenvalue weighted by molar-refractivity contribution is -0.138. The number of nitrogens with zero attached hydrogens (tertiary/aromatic N) is 1. The maximum absolute atomic E-state index is 12.1. The Kier molecular flexibility index (Phi) is 5.92. The smallest absolute Gasteiger partial charge is 0.225 e. The molecule has 0 saturated carbocycles. The quantitative estimate of drug-likeness (QED) is 0.687. The van der Waals surface area contributed by atoms with Crippen LogP contribution >= 0.6 is 0 Å². The van der Waals surface area contributed by atoms with E-state index in [9.17, 15) is 4.79 Å². The first-order valence-electron chi connectivity index (χ1n) is 6.09. The summed E-state index contributed by atoms with van der Waals surface area (Å²) in [6.07, 6.45) is 1.03. The Morgan fingerprint density at radius 2 is 1.53 bits per heavy atom. The van der Waals surface area contributed by atoms with Crippen LogP contribution in [0.3, 0.4) is 0 Å². The lowest BCUT2D eigenvalue weighted by atomic mass is 9.94. The van der Waals surface area contributed by atoms with Crippen molar-refractivity contribution in [1.82, 2.24) is 4.90 Å². The molecule has 0 aromatic rings. The van der Waals surface area contributed by atoms with E-state index >= 15 is 0 Å². The minimum Gasteiger partial charge on any atom is -0.342 e. The van der Waals surface area contributed by atoms with E-state index in [-0.39, 0.29) is 11.8 Å². The van der Waals surface area contributed by atoms with Gasteiger partial charge in [0.25, 0.3) is 0 Å². The Balaban J connectivity index is 4.54. The molecule has 0 spiro atoms. The first kappa shape index (κ1) is 14.5. The van der Waals surface area contributed by atoms with Crippen LogP contribution in [0, 0.1) is 17.8 Å². The molecule has 0 unspecified atom stereocenters. The zero-order chi connectivity index (χ0) is 12.2. The third-order valence-corrected chi connectivity index (χ3v) is 3.42. The molecule has 2 atom stereocenters. The van der Waals surface area contributed by atoms with E-state index < -0.39 is 0 Å². The summed E-state index contributed by atoms with van der Waals surface area (Å²) >= 11 is 0. The van der Waals surface area contributed by atoms with Crippen molar-refractivity contribution >= 4 is 5.91 Å². The van der Waals surface area contributed by atoms with E-state index in [1.165, 1.54) is 0 Å². The highest BCUT2D eigenvalue weighted by Crippen LogP contribution is 2.18. The molecule has 0 saturated heterocycles. The molecule has 0 heterocycles. The van der Waals surface area contributed by atoms with E-state index in [0.717, 1.165) is 6.42 Å². The van der Waals surface area contributed by atoms with Crippen molar-refractivity contribution in [1.29, 1.82) is 0 Å². The van der Waals surface area contributed by atoms with Crippen molar-refractivity contribution in [2.45, 2.75) is 54.0 Å². The molecule has 1 amide bonds. The van der Waals surface area contributed by atoms with Gasteiger partial charge in [-0.1, -0.05) is 41.5 Å². The van der Waals surface area contributed by atoms with E-state index in [1.807, 2.05) is 18.9 Å². The second-order valence-corrected chi connectivity index (χ2v) is 5.20. The SMILES string of the molecule is CC[C@@H](C(C)C)N(C)C(=O)[C@@H](C)C(C)C. The van der Waals surface area contributed by atoms with Crippen LogP contribution in [0.5, 0.6) is 0 Å². The fourth-order valence-corrected chi connectivity index (χ4v) is 1.96. The molecule has 0 N–H and O–H groups in total. The average molecular weight is 213 g/mol. The highest BCUT2D eigenvalue weighted by molar-refractivity contribution is 5.78. The zero-order valence-corrected chi connectivity index (χ0v) is 11.4. The molecule has 0 aromatic carbocycles. The Bertz CT molecular complexity index is 199. The molecule has 0 rings (SSSR count). The molecule has 0 aliphatic carbocycles. The summed E-state index contributed by atoms with van der Waals surface area (Å²) in [4.78, 5) is 14.1. The summed E-state index contributed by atoms with van der Waals surface area (Å²) in [5, 5.41) is 0. The van der Waals surface area contributed by atoms with E-state index in [4.69, 9.17) is 0 Å². The van der Waals surface area contributed by atoms with Crippen LogP contribution in [-0.4, -0.2) is 23.9 Å². The summed E-state index contributed by atoms with van der Waals surface area (Å²) in [7, 11) is 1.94. The lowest BCUT2D eigenvalue weighted by Gasteiger charge is -2.33. The maximum atomic E-state index is 12.1. The number of rotatable bonds is 5. The Hall–Kier alpha value is -0.530. The van der Waals surface area contributed by atoms with E-state index in [0.29, 0.717) is 17.9 Å². The molecule has 0 aliphatic rings. The molecule has 0 aromatic heterocycles. The highest BCUT2D eigenvalue weighted by atomic mass is 16.2. The number of hydrogen-bond acceptors (Lipinski definition) is 1. The van der Waals surface area contributed by atoms with Gasteiger partial charge >= 0.3 is 0 Å². The van der Waals surface area contributed by atoms with Crippen molar-refractivity contribution in [2.24, 2.45) is 17.8 Å². The number of amides is 1. The minimum absolute atomic E-state index is 0.128. The Labute approximate surface area is 95.0 Å². The molecule has 2 heteroatoms. The first-order chi connectivity index (χ1) is 6.82. The number of hydrogen-bond donors (Lipinski definition) is 0. The van der Waals surface area contributed by atoms with Crippen molar-refractivity contribution < 1.29 is 4.79 Å². The molecule has 0 radical (unpaired) electrons. The van der Waals surface area contributed by atoms with Gasteiger partial charge in [-0.2, -0.15) is 0 Å². The van der Waals surface area contributed by atoms with E-state index in [2.05, 4.69) is 34.6 Å². The van der Waals surface area contributed by atoms with Crippen molar-refractivity contribution in [3.05, 3.63) is 0 Å². The fraction of sp³-hybridized carbons (Fsp3) is 0.923. The zero-order valence-electron chi connectivity index (χ0n) is 11.4. The van der Waals surface area contributed by atoms with Crippen LogP contribution in [0.1, 0.15) is 48.0 Å². The predicted octanol–water partition coefficient (Wildman–Crippen LogP) is 3.17. The molecule has 0 aliphatic heterocycles. The monoisotopic (exact) mass is 213 g/mol. The minimum atomic E-state index is 0.128.